The largest absolute Gasteiger partial charge is 0.355 e. The Labute approximate surface area is 133 Å². The van der Waals surface area contributed by atoms with Crippen LogP contribution in [0.3, 0.4) is 0 Å². The number of rotatable bonds is 8. The summed E-state index contributed by atoms with van der Waals surface area (Å²) in [6.45, 7) is 5.21. The van der Waals surface area contributed by atoms with E-state index in [4.69, 9.17) is 5.73 Å². The second-order valence-corrected chi connectivity index (χ2v) is 6.81. The molecule has 0 radical (unpaired) electrons. The Morgan fingerprint density at radius 2 is 2.25 bits per heavy atom. The maximum atomic E-state index is 11.9. The summed E-state index contributed by atoms with van der Waals surface area (Å²) in [6.07, 6.45) is 1.83. The number of hydrogen-bond donors (Lipinski definition) is 2. The van der Waals surface area contributed by atoms with E-state index in [1.165, 1.54) is 4.88 Å². The van der Waals surface area contributed by atoms with Crippen LogP contribution in [0.15, 0.2) is 15.9 Å². The molecule has 0 spiro atoms. The molecule has 1 heterocycles. The van der Waals surface area contributed by atoms with Gasteiger partial charge in [-0.25, -0.2) is 0 Å². The lowest BCUT2D eigenvalue weighted by Gasteiger charge is -2.31. The lowest BCUT2D eigenvalue weighted by atomic mass is 10.0. The van der Waals surface area contributed by atoms with Crippen LogP contribution in [0.5, 0.6) is 0 Å². The van der Waals surface area contributed by atoms with Crippen molar-refractivity contribution in [2.45, 2.75) is 38.8 Å². The average Bonchev–Trinajstić information content (AvgIpc) is 2.82. The summed E-state index contributed by atoms with van der Waals surface area (Å²) in [6, 6.07) is 2.18. The predicted octanol–water partition coefficient (Wildman–Crippen LogP) is 2.75. The number of likely N-dealkylation sites (N-methyl/N-ethyl adjacent to an activating group) is 1. The average molecular weight is 362 g/mol. The minimum atomic E-state index is 0.0181. The summed E-state index contributed by atoms with van der Waals surface area (Å²) < 4.78 is 1.06. The quantitative estimate of drug-likeness (QED) is 0.748. The van der Waals surface area contributed by atoms with Gasteiger partial charge < -0.3 is 11.1 Å². The topological polar surface area (TPSA) is 58.4 Å². The summed E-state index contributed by atoms with van der Waals surface area (Å²) in [4.78, 5) is 15.1. The van der Waals surface area contributed by atoms with Crippen LogP contribution >= 0.6 is 27.3 Å². The molecule has 2 atom stereocenters. The minimum absolute atomic E-state index is 0.0181. The molecule has 0 aromatic carbocycles. The highest BCUT2D eigenvalue weighted by molar-refractivity contribution is 9.10. The molecule has 0 fully saturated rings. The normalized spacial score (nSPS) is 14.3. The summed E-state index contributed by atoms with van der Waals surface area (Å²) in [5, 5.41) is 4.96. The molecular weight excluding hydrogens is 338 g/mol. The van der Waals surface area contributed by atoms with Crippen LogP contribution < -0.4 is 11.1 Å². The van der Waals surface area contributed by atoms with Gasteiger partial charge in [0.25, 0.3) is 0 Å². The van der Waals surface area contributed by atoms with E-state index in [1.807, 2.05) is 18.9 Å². The van der Waals surface area contributed by atoms with Gasteiger partial charge in [0, 0.05) is 27.3 Å². The molecule has 114 valence electrons. The van der Waals surface area contributed by atoms with Crippen molar-refractivity contribution in [1.82, 2.24) is 10.2 Å². The fraction of sp³-hybridized carbons (Fsp3) is 0.643. The number of thiophene rings is 1. The van der Waals surface area contributed by atoms with Gasteiger partial charge in [-0.2, -0.15) is 0 Å². The fourth-order valence-electron chi connectivity index (χ4n) is 2.11. The maximum absolute atomic E-state index is 11.9. The lowest BCUT2D eigenvalue weighted by molar-refractivity contribution is -0.122. The van der Waals surface area contributed by atoms with Gasteiger partial charge in [-0.1, -0.05) is 13.8 Å². The smallest absolute Gasteiger partial charge is 0.234 e. The highest BCUT2D eigenvalue weighted by Crippen LogP contribution is 2.31. The van der Waals surface area contributed by atoms with Crippen LogP contribution in [-0.4, -0.2) is 37.0 Å². The third-order valence-corrected chi connectivity index (χ3v) is 4.96. The van der Waals surface area contributed by atoms with Gasteiger partial charge in [0.05, 0.1) is 12.6 Å². The van der Waals surface area contributed by atoms with E-state index in [0.29, 0.717) is 6.54 Å². The SMILES string of the molecule is CCCNC(=O)CN(C)C(c1cc(Br)cs1)C(N)CC. The van der Waals surface area contributed by atoms with Crippen molar-refractivity contribution >= 4 is 33.2 Å². The summed E-state index contributed by atoms with van der Waals surface area (Å²) in [5.41, 5.74) is 6.25. The molecule has 4 nitrogen and oxygen atoms in total. The predicted molar refractivity (Wildman–Crippen MR) is 89.0 cm³/mol. The zero-order valence-corrected chi connectivity index (χ0v) is 14.8. The van der Waals surface area contributed by atoms with Crippen molar-refractivity contribution in [1.29, 1.82) is 0 Å². The number of nitrogens with zero attached hydrogens (tertiary/aromatic N) is 1. The monoisotopic (exact) mass is 361 g/mol. The van der Waals surface area contributed by atoms with Gasteiger partial charge in [0.1, 0.15) is 0 Å². The molecule has 0 bridgehead atoms. The Bertz CT molecular complexity index is 424. The molecule has 0 aliphatic rings. The summed E-state index contributed by atoms with van der Waals surface area (Å²) in [7, 11) is 1.96. The summed E-state index contributed by atoms with van der Waals surface area (Å²) in [5.74, 6) is 0.0540. The molecule has 0 aliphatic heterocycles. The van der Waals surface area contributed by atoms with Gasteiger partial charge in [-0.15, -0.1) is 11.3 Å². The third kappa shape index (κ3) is 5.16. The van der Waals surface area contributed by atoms with Crippen LogP contribution in [0, 0.1) is 0 Å². The molecular formula is C14H24BrN3OS. The second-order valence-electron chi connectivity index (χ2n) is 4.95. The molecule has 2 unspecified atom stereocenters. The number of nitrogens with one attached hydrogen (secondary N) is 1. The van der Waals surface area contributed by atoms with Crippen LogP contribution in [0.4, 0.5) is 0 Å². The molecule has 0 aliphatic carbocycles. The molecule has 0 saturated heterocycles. The highest BCUT2D eigenvalue weighted by Gasteiger charge is 2.25. The number of hydrogen-bond acceptors (Lipinski definition) is 4. The maximum Gasteiger partial charge on any atom is 0.234 e. The first-order valence-electron chi connectivity index (χ1n) is 6.96. The van der Waals surface area contributed by atoms with Gasteiger partial charge >= 0.3 is 0 Å². The zero-order valence-electron chi connectivity index (χ0n) is 12.4. The van der Waals surface area contributed by atoms with E-state index in [-0.39, 0.29) is 18.0 Å². The number of nitrogens with two attached hydrogens (primary N) is 1. The second kappa shape index (κ2) is 8.77. The molecule has 0 saturated carbocycles. The standard InChI is InChI=1S/C14H24BrN3OS/c1-4-6-17-13(19)8-18(3)14(11(16)5-2)12-7-10(15)9-20-12/h7,9,11,14H,4-6,8,16H2,1-3H3,(H,17,19). The Morgan fingerprint density at radius 3 is 2.75 bits per heavy atom. The lowest BCUT2D eigenvalue weighted by Crippen LogP contribution is -2.43. The Kier molecular flexibility index (Phi) is 7.72. The van der Waals surface area contributed by atoms with Crippen molar-refractivity contribution in [3.63, 3.8) is 0 Å². The third-order valence-electron chi connectivity index (χ3n) is 3.20. The number of amides is 1. The number of carbonyl (C=O) groups excluding carboxylic acids is 1. The number of halogens is 1. The molecule has 3 N–H and O–H groups in total. The van der Waals surface area contributed by atoms with Crippen molar-refractivity contribution in [2.24, 2.45) is 5.73 Å². The number of carbonyl (C=O) groups is 1. The van der Waals surface area contributed by atoms with E-state index < -0.39 is 0 Å². The fourth-order valence-corrected chi connectivity index (χ4v) is 3.79. The Morgan fingerprint density at radius 1 is 1.55 bits per heavy atom. The van der Waals surface area contributed by atoms with E-state index in [2.05, 4.69) is 39.6 Å². The van der Waals surface area contributed by atoms with Gasteiger partial charge in [-0.05, 0) is 41.9 Å². The first kappa shape index (κ1) is 17.6. The van der Waals surface area contributed by atoms with Crippen molar-refractivity contribution in [3.8, 4) is 0 Å². The van der Waals surface area contributed by atoms with Crippen molar-refractivity contribution in [3.05, 3.63) is 20.8 Å². The molecule has 1 aromatic heterocycles. The molecule has 20 heavy (non-hydrogen) atoms. The van der Waals surface area contributed by atoms with Crippen molar-refractivity contribution in [2.75, 3.05) is 20.1 Å². The Hall–Kier alpha value is -0.430. The molecule has 1 rings (SSSR count). The summed E-state index contributed by atoms with van der Waals surface area (Å²) >= 11 is 5.15. The molecule has 1 aromatic rings. The Balaban J connectivity index is 2.75. The van der Waals surface area contributed by atoms with Crippen LogP contribution in [-0.2, 0) is 4.79 Å². The van der Waals surface area contributed by atoms with E-state index in [0.717, 1.165) is 23.9 Å². The van der Waals surface area contributed by atoms with E-state index >= 15 is 0 Å². The molecule has 6 heteroatoms. The van der Waals surface area contributed by atoms with Gasteiger partial charge in [0.2, 0.25) is 5.91 Å². The van der Waals surface area contributed by atoms with E-state index in [1.54, 1.807) is 11.3 Å². The highest BCUT2D eigenvalue weighted by atomic mass is 79.9. The zero-order chi connectivity index (χ0) is 15.1. The van der Waals surface area contributed by atoms with Crippen LogP contribution in [0.1, 0.15) is 37.6 Å². The minimum Gasteiger partial charge on any atom is -0.355 e. The van der Waals surface area contributed by atoms with Gasteiger partial charge in [-0.3, -0.25) is 9.69 Å². The van der Waals surface area contributed by atoms with E-state index in [9.17, 15) is 4.79 Å². The molecule has 1 amide bonds. The van der Waals surface area contributed by atoms with Crippen LogP contribution in [0.2, 0.25) is 0 Å². The van der Waals surface area contributed by atoms with Crippen LogP contribution in [0.25, 0.3) is 0 Å². The van der Waals surface area contributed by atoms with Gasteiger partial charge in [0.15, 0.2) is 0 Å². The van der Waals surface area contributed by atoms with Crippen molar-refractivity contribution < 1.29 is 4.79 Å². The first-order valence-corrected chi connectivity index (χ1v) is 8.63. The first-order chi connectivity index (χ1) is 9.49.